The van der Waals surface area contributed by atoms with E-state index in [0.29, 0.717) is 0 Å². The van der Waals surface area contributed by atoms with Crippen molar-refractivity contribution in [2.45, 2.75) is 0 Å². The van der Waals surface area contributed by atoms with Crippen LogP contribution >= 0.6 is 11.6 Å². The lowest BCUT2D eigenvalue weighted by molar-refractivity contribution is 0.648. The van der Waals surface area contributed by atoms with E-state index in [0.717, 1.165) is 48.2 Å². The summed E-state index contributed by atoms with van der Waals surface area (Å²) in [6.45, 7) is 3.82. The molecule has 2 aromatic carbocycles. The molecular weight excluding hydrogens is 306 g/mol. The molecule has 4 rings (SSSR count). The first-order valence-corrected chi connectivity index (χ1v) is 8.29. The number of anilines is 2. The number of piperazine rings is 1. The molecule has 2 heterocycles. The number of hydrogen-bond donors (Lipinski definition) is 0. The average molecular weight is 324 g/mol. The van der Waals surface area contributed by atoms with Crippen molar-refractivity contribution in [1.82, 2.24) is 4.98 Å². The zero-order valence-corrected chi connectivity index (χ0v) is 13.6. The Kier molecular flexibility index (Phi) is 3.80. The van der Waals surface area contributed by atoms with E-state index in [1.165, 1.54) is 5.39 Å². The molecule has 1 saturated heterocycles. The number of nitrogens with zero attached hydrogens (tertiary/aromatic N) is 3. The first-order chi connectivity index (χ1) is 11.3. The minimum atomic E-state index is 0.824. The van der Waals surface area contributed by atoms with Crippen LogP contribution in [0, 0.1) is 0 Å². The summed E-state index contributed by atoms with van der Waals surface area (Å²) < 4.78 is 0. The van der Waals surface area contributed by atoms with Gasteiger partial charge in [-0.15, -0.1) is 0 Å². The predicted molar refractivity (Wildman–Crippen MR) is 97.6 cm³/mol. The van der Waals surface area contributed by atoms with E-state index in [9.17, 15) is 0 Å². The first-order valence-electron chi connectivity index (χ1n) is 7.91. The highest BCUT2D eigenvalue weighted by Crippen LogP contribution is 2.27. The average Bonchev–Trinajstić information content (AvgIpc) is 2.62. The third-order valence-corrected chi connectivity index (χ3v) is 4.70. The molecule has 4 heteroatoms. The van der Waals surface area contributed by atoms with Crippen LogP contribution in [0.3, 0.4) is 0 Å². The van der Waals surface area contributed by atoms with E-state index < -0.39 is 0 Å². The van der Waals surface area contributed by atoms with Crippen LogP contribution in [-0.4, -0.2) is 31.2 Å². The molecule has 0 atom stereocenters. The number of hydrogen-bond acceptors (Lipinski definition) is 3. The van der Waals surface area contributed by atoms with Crippen LogP contribution in [0.4, 0.5) is 11.5 Å². The van der Waals surface area contributed by atoms with Crippen LogP contribution < -0.4 is 9.80 Å². The molecule has 0 N–H and O–H groups in total. The Morgan fingerprint density at radius 3 is 2.26 bits per heavy atom. The molecule has 0 bridgehead atoms. The highest BCUT2D eigenvalue weighted by molar-refractivity contribution is 6.33. The molecule has 0 saturated carbocycles. The van der Waals surface area contributed by atoms with Crippen LogP contribution in [-0.2, 0) is 0 Å². The second-order valence-corrected chi connectivity index (χ2v) is 6.19. The van der Waals surface area contributed by atoms with E-state index in [-0.39, 0.29) is 0 Å². The second kappa shape index (κ2) is 6.09. The lowest BCUT2D eigenvalue weighted by Gasteiger charge is -2.37. The number of halogens is 1. The molecule has 3 nitrogen and oxygen atoms in total. The molecule has 1 fully saturated rings. The van der Waals surface area contributed by atoms with Gasteiger partial charge in [0.2, 0.25) is 0 Å². The molecule has 0 radical (unpaired) electrons. The lowest BCUT2D eigenvalue weighted by atomic mass is 10.2. The third-order valence-electron chi connectivity index (χ3n) is 4.38. The molecule has 0 unspecified atom stereocenters. The van der Waals surface area contributed by atoms with Crippen molar-refractivity contribution in [3.05, 3.63) is 65.7 Å². The maximum Gasteiger partial charge on any atom is 0.129 e. The second-order valence-electron chi connectivity index (χ2n) is 5.79. The van der Waals surface area contributed by atoms with Gasteiger partial charge in [0.15, 0.2) is 0 Å². The molecule has 0 aliphatic carbocycles. The van der Waals surface area contributed by atoms with Crippen molar-refractivity contribution < 1.29 is 0 Å². The first kappa shape index (κ1) is 14.3. The Bertz CT molecular complexity index is 825. The largest absolute Gasteiger partial charge is 0.367 e. The third kappa shape index (κ3) is 2.84. The molecule has 1 aliphatic heterocycles. The summed E-state index contributed by atoms with van der Waals surface area (Å²) in [5, 5.41) is 2.01. The van der Waals surface area contributed by atoms with Gasteiger partial charge in [0.25, 0.3) is 0 Å². The molecule has 23 heavy (non-hydrogen) atoms. The fraction of sp³-hybridized carbons (Fsp3) is 0.211. The highest BCUT2D eigenvalue weighted by Gasteiger charge is 2.19. The van der Waals surface area contributed by atoms with Gasteiger partial charge in [0, 0.05) is 31.6 Å². The zero-order valence-electron chi connectivity index (χ0n) is 12.8. The summed E-state index contributed by atoms with van der Waals surface area (Å²) in [6, 6.07) is 20.6. The van der Waals surface area contributed by atoms with Crippen molar-refractivity contribution >= 4 is 34.0 Å². The topological polar surface area (TPSA) is 19.4 Å². The molecule has 0 spiro atoms. The van der Waals surface area contributed by atoms with Gasteiger partial charge in [-0.05, 0) is 30.3 Å². The van der Waals surface area contributed by atoms with E-state index in [1.54, 1.807) is 0 Å². The minimum absolute atomic E-state index is 0.824. The number of pyridine rings is 1. The van der Waals surface area contributed by atoms with E-state index in [4.69, 9.17) is 16.6 Å². The van der Waals surface area contributed by atoms with Gasteiger partial charge in [-0.3, -0.25) is 0 Å². The van der Waals surface area contributed by atoms with Crippen molar-refractivity contribution in [3.63, 3.8) is 0 Å². The summed E-state index contributed by atoms with van der Waals surface area (Å²) in [5.41, 5.74) is 2.18. The van der Waals surface area contributed by atoms with Gasteiger partial charge in [-0.25, -0.2) is 4.98 Å². The SMILES string of the molecule is Clc1ccccc1N1CCN(c2ccc3ccccc3n2)CC1. The fourth-order valence-corrected chi connectivity index (χ4v) is 3.37. The van der Waals surface area contributed by atoms with Crippen LogP contribution in [0.15, 0.2) is 60.7 Å². The van der Waals surface area contributed by atoms with E-state index in [1.807, 2.05) is 30.3 Å². The molecule has 116 valence electrons. The molecular formula is C19H18ClN3. The van der Waals surface area contributed by atoms with Gasteiger partial charge in [-0.1, -0.05) is 41.9 Å². The highest BCUT2D eigenvalue weighted by atomic mass is 35.5. The predicted octanol–water partition coefficient (Wildman–Crippen LogP) is 4.21. The van der Waals surface area contributed by atoms with Crippen molar-refractivity contribution in [2.24, 2.45) is 0 Å². The Balaban J connectivity index is 1.51. The number of benzene rings is 2. The van der Waals surface area contributed by atoms with Crippen molar-refractivity contribution in [3.8, 4) is 0 Å². The summed E-state index contributed by atoms with van der Waals surface area (Å²) in [7, 11) is 0. The van der Waals surface area contributed by atoms with Gasteiger partial charge < -0.3 is 9.80 Å². The Morgan fingerprint density at radius 1 is 0.739 bits per heavy atom. The molecule has 0 amide bonds. The molecule has 1 aliphatic rings. The van der Waals surface area contributed by atoms with E-state index in [2.05, 4.69) is 40.1 Å². The van der Waals surface area contributed by atoms with E-state index >= 15 is 0 Å². The van der Waals surface area contributed by atoms with Gasteiger partial charge in [0.05, 0.1) is 16.2 Å². The van der Waals surface area contributed by atoms with Gasteiger partial charge >= 0.3 is 0 Å². The molecule has 1 aromatic heterocycles. The monoisotopic (exact) mass is 323 g/mol. The summed E-state index contributed by atoms with van der Waals surface area (Å²) in [5.74, 6) is 1.06. The van der Waals surface area contributed by atoms with Crippen LogP contribution in [0.5, 0.6) is 0 Å². The minimum Gasteiger partial charge on any atom is -0.367 e. The van der Waals surface area contributed by atoms with Crippen molar-refractivity contribution in [2.75, 3.05) is 36.0 Å². The number of fused-ring (bicyclic) bond motifs is 1. The van der Waals surface area contributed by atoms with Crippen LogP contribution in [0.1, 0.15) is 0 Å². The summed E-state index contributed by atoms with van der Waals surface area (Å²) in [6.07, 6.45) is 0. The maximum absolute atomic E-state index is 6.31. The quantitative estimate of drug-likeness (QED) is 0.704. The standard InChI is InChI=1S/C19H18ClN3/c20-16-6-2-4-8-18(16)22-11-13-23(14-12-22)19-10-9-15-5-1-3-7-17(15)21-19/h1-10H,11-14H2. The summed E-state index contributed by atoms with van der Waals surface area (Å²) in [4.78, 5) is 9.49. The summed E-state index contributed by atoms with van der Waals surface area (Å²) >= 11 is 6.31. The Hall–Kier alpha value is -2.26. The smallest absolute Gasteiger partial charge is 0.129 e. The Morgan fingerprint density at radius 2 is 1.43 bits per heavy atom. The number of aromatic nitrogens is 1. The molecule has 3 aromatic rings. The number of rotatable bonds is 2. The fourth-order valence-electron chi connectivity index (χ4n) is 3.12. The van der Waals surface area contributed by atoms with Gasteiger partial charge in [-0.2, -0.15) is 0 Å². The Labute approximate surface area is 141 Å². The van der Waals surface area contributed by atoms with Crippen LogP contribution in [0.2, 0.25) is 5.02 Å². The van der Waals surface area contributed by atoms with Crippen molar-refractivity contribution in [1.29, 1.82) is 0 Å². The van der Waals surface area contributed by atoms with Crippen LogP contribution in [0.25, 0.3) is 10.9 Å². The normalized spacial score (nSPS) is 15.2. The zero-order chi connectivity index (χ0) is 15.6. The lowest BCUT2D eigenvalue weighted by Crippen LogP contribution is -2.46. The number of para-hydroxylation sites is 2. The van der Waals surface area contributed by atoms with Gasteiger partial charge in [0.1, 0.15) is 5.82 Å². The maximum atomic E-state index is 6.31.